The van der Waals surface area contributed by atoms with E-state index >= 15 is 0 Å². The average molecular weight is 286 g/mol. The molecule has 0 unspecified atom stereocenters. The Hall–Kier alpha value is -1.68. The molecule has 1 aliphatic carbocycles. The number of aryl methyl sites for hydroxylation is 1. The van der Waals surface area contributed by atoms with Gasteiger partial charge in [-0.05, 0) is 43.0 Å². The largest absolute Gasteiger partial charge is 0.384 e. The minimum Gasteiger partial charge on any atom is -0.384 e. The lowest BCUT2D eigenvalue weighted by molar-refractivity contribution is 0.862. The van der Waals surface area contributed by atoms with Crippen LogP contribution >= 0.6 is 12.6 Å². The lowest BCUT2D eigenvalue weighted by atomic mass is 10.1. The van der Waals surface area contributed by atoms with Crippen LogP contribution < -0.4 is 10.9 Å². The van der Waals surface area contributed by atoms with Gasteiger partial charge in [-0.2, -0.15) is 0 Å². The summed E-state index contributed by atoms with van der Waals surface area (Å²) in [7, 11) is 1.77. The lowest BCUT2D eigenvalue weighted by Gasteiger charge is -2.13. The second-order valence-electron chi connectivity index (χ2n) is 5.42. The van der Waals surface area contributed by atoms with Gasteiger partial charge in [0.1, 0.15) is 0 Å². The molecule has 3 rings (SSSR count). The number of nitrogens with one attached hydrogen (secondary N) is 1. The molecule has 1 saturated carbocycles. The van der Waals surface area contributed by atoms with E-state index in [1.165, 1.54) is 12.8 Å². The minimum atomic E-state index is 0.00303. The summed E-state index contributed by atoms with van der Waals surface area (Å²) >= 11 is 4.42. The third-order valence-electron chi connectivity index (χ3n) is 3.68. The van der Waals surface area contributed by atoms with E-state index in [9.17, 15) is 4.79 Å². The van der Waals surface area contributed by atoms with Gasteiger partial charge >= 0.3 is 0 Å². The van der Waals surface area contributed by atoms with Crippen molar-refractivity contribution in [2.24, 2.45) is 13.0 Å². The SMILES string of the molecule is Cn1cc(-c2cc(S)ccc2NCC2CC2)ccc1=O. The third kappa shape index (κ3) is 2.90. The number of aromatic nitrogens is 1. The zero-order chi connectivity index (χ0) is 14.1. The van der Waals surface area contributed by atoms with Crippen LogP contribution in [0.1, 0.15) is 12.8 Å². The molecule has 1 fully saturated rings. The highest BCUT2D eigenvalue weighted by molar-refractivity contribution is 7.80. The maximum absolute atomic E-state index is 11.5. The Balaban J connectivity index is 1.98. The predicted molar refractivity (Wildman–Crippen MR) is 85.6 cm³/mol. The number of nitrogens with zero attached hydrogens (tertiary/aromatic N) is 1. The molecule has 2 aromatic rings. The van der Waals surface area contributed by atoms with Crippen LogP contribution in [0.15, 0.2) is 46.2 Å². The normalized spacial score (nSPS) is 14.3. The van der Waals surface area contributed by atoms with Gasteiger partial charge in [0.2, 0.25) is 5.56 Å². The summed E-state index contributed by atoms with van der Waals surface area (Å²) in [6, 6.07) is 9.56. The molecular weight excluding hydrogens is 268 g/mol. The van der Waals surface area contributed by atoms with Crippen molar-refractivity contribution in [3.8, 4) is 11.1 Å². The van der Waals surface area contributed by atoms with Crippen molar-refractivity contribution in [2.45, 2.75) is 17.7 Å². The highest BCUT2D eigenvalue weighted by Gasteiger charge is 2.21. The van der Waals surface area contributed by atoms with Crippen molar-refractivity contribution >= 4 is 18.3 Å². The van der Waals surface area contributed by atoms with Crippen LogP contribution in [-0.4, -0.2) is 11.1 Å². The molecule has 0 atom stereocenters. The molecule has 4 heteroatoms. The second-order valence-corrected chi connectivity index (χ2v) is 5.94. The molecule has 0 spiro atoms. The molecule has 0 radical (unpaired) electrons. The zero-order valence-electron chi connectivity index (χ0n) is 11.5. The van der Waals surface area contributed by atoms with Gasteiger partial charge in [0.15, 0.2) is 0 Å². The molecule has 1 aliphatic rings. The van der Waals surface area contributed by atoms with E-state index in [-0.39, 0.29) is 5.56 Å². The quantitative estimate of drug-likeness (QED) is 0.847. The summed E-state index contributed by atoms with van der Waals surface area (Å²) < 4.78 is 1.60. The van der Waals surface area contributed by atoms with Crippen molar-refractivity contribution in [3.63, 3.8) is 0 Å². The lowest BCUT2D eigenvalue weighted by Crippen LogP contribution is -2.14. The smallest absolute Gasteiger partial charge is 0.250 e. The Labute approximate surface area is 124 Å². The highest BCUT2D eigenvalue weighted by atomic mass is 32.1. The Morgan fingerprint density at radius 3 is 2.80 bits per heavy atom. The van der Waals surface area contributed by atoms with Gasteiger partial charge in [0.05, 0.1) is 0 Å². The Bertz CT molecular complexity index is 689. The predicted octanol–water partition coefficient (Wildman–Crippen LogP) is 3.16. The number of thiol groups is 1. The molecular formula is C16H18N2OS. The van der Waals surface area contributed by atoms with Crippen molar-refractivity contribution in [1.29, 1.82) is 0 Å². The molecule has 1 aromatic carbocycles. The van der Waals surface area contributed by atoms with Gasteiger partial charge in [-0.3, -0.25) is 4.79 Å². The number of hydrogen-bond acceptors (Lipinski definition) is 3. The summed E-state index contributed by atoms with van der Waals surface area (Å²) in [5, 5.41) is 3.51. The Morgan fingerprint density at radius 2 is 2.10 bits per heavy atom. The number of pyridine rings is 1. The first-order chi connectivity index (χ1) is 9.63. The molecule has 0 aliphatic heterocycles. The molecule has 1 heterocycles. The number of rotatable bonds is 4. The topological polar surface area (TPSA) is 34.0 Å². The molecule has 20 heavy (non-hydrogen) atoms. The first-order valence-electron chi connectivity index (χ1n) is 6.87. The maximum Gasteiger partial charge on any atom is 0.250 e. The van der Waals surface area contributed by atoms with Crippen molar-refractivity contribution in [3.05, 3.63) is 46.9 Å². The van der Waals surface area contributed by atoms with Gasteiger partial charge in [-0.25, -0.2) is 0 Å². The van der Waals surface area contributed by atoms with E-state index in [2.05, 4.69) is 24.0 Å². The standard InChI is InChI=1S/C16H18N2OS/c1-18-10-12(4-7-16(18)19)14-8-13(20)5-6-15(14)17-9-11-2-3-11/h4-8,10-11,17,20H,2-3,9H2,1H3. The fourth-order valence-corrected chi connectivity index (χ4v) is 2.46. The van der Waals surface area contributed by atoms with Crippen LogP contribution in [0.5, 0.6) is 0 Å². The number of benzene rings is 1. The fourth-order valence-electron chi connectivity index (χ4n) is 2.25. The van der Waals surface area contributed by atoms with Gasteiger partial charge < -0.3 is 9.88 Å². The van der Waals surface area contributed by atoms with Gasteiger partial charge in [0.25, 0.3) is 0 Å². The molecule has 3 nitrogen and oxygen atoms in total. The summed E-state index contributed by atoms with van der Waals surface area (Å²) in [4.78, 5) is 12.4. The molecule has 0 saturated heterocycles. The summed E-state index contributed by atoms with van der Waals surface area (Å²) in [6.07, 6.45) is 4.52. The Kier molecular flexibility index (Phi) is 3.57. The van der Waals surface area contributed by atoms with Crippen LogP contribution in [0.4, 0.5) is 5.69 Å². The van der Waals surface area contributed by atoms with Crippen LogP contribution in [0.25, 0.3) is 11.1 Å². The van der Waals surface area contributed by atoms with Gasteiger partial charge in [-0.1, -0.05) is 0 Å². The van der Waals surface area contributed by atoms with E-state index in [1.807, 2.05) is 24.4 Å². The van der Waals surface area contributed by atoms with Crippen molar-refractivity contribution in [2.75, 3.05) is 11.9 Å². The number of hydrogen-bond donors (Lipinski definition) is 2. The molecule has 0 amide bonds. The first-order valence-corrected chi connectivity index (χ1v) is 7.32. The molecule has 0 bridgehead atoms. The van der Waals surface area contributed by atoms with Crippen LogP contribution in [0, 0.1) is 5.92 Å². The summed E-state index contributed by atoms with van der Waals surface area (Å²) in [5.74, 6) is 0.818. The van der Waals surface area contributed by atoms with Gasteiger partial charge in [0, 0.05) is 47.6 Å². The third-order valence-corrected chi connectivity index (χ3v) is 3.96. The highest BCUT2D eigenvalue weighted by Crippen LogP contribution is 2.33. The molecule has 1 aromatic heterocycles. The second kappa shape index (κ2) is 5.37. The van der Waals surface area contributed by atoms with Crippen LogP contribution in [0.2, 0.25) is 0 Å². The van der Waals surface area contributed by atoms with Crippen molar-refractivity contribution in [1.82, 2.24) is 4.57 Å². The fraction of sp³-hybridized carbons (Fsp3) is 0.312. The first kappa shape index (κ1) is 13.3. The van der Waals surface area contributed by atoms with E-state index in [0.29, 0.717) is 0 Å². The summed E-state index contributed by atoms with van der Waals surface area (Å²) in [5.41, 5.74) is 3.23. The minimum absolute atomic E-state index is 0.00303. The Morgan fingerprint density at radius 1 is 1.30 bits per heavy atom. The van der Waals surface area contributed by atoms with E-state index < -0.39 is 0 Å². The van der Waals surface area contributed by atoms with Crippen molar-refractivity contribution < 1.29 is 0 Å². The zero-order valence-corrected chi connectivity index (χ0v) is 12.4. The van der Waals surface area contributed by atoms with Gasteiger partial charge in [-0.15, -0.1) is 12.6 Å². The van der Waals surface area contributed by atoms with E-state index in [0.717, 1.165) is 34.2 Å². The molecule has 1 N–H and O–H groups in total. The summed E-state index contributed by atoms with van der Waals surface area (Å²) in [6.45, 7) is 1.02. The van der Waals surface area contributed by atoms with E-state index in [1.54, 1.807) is 17.7 Å². The van der Waals surface area contributed by atoms with Crippen LogP contribution in [-0.2, 0) is 7.05 Å². The average Bonchev–Trinajstić information content (AvgIpc) is 3.24. The van der Waals surface area contributed by atoms with Crippen LogP contribution in [0.3, 0.4) is 0 Å². The number of anilines is 1. The molecule has 104 valence electrons. The van der Waals surface area contributed by atoms with E-state index in [4.69, 9.17) is 0 Å². The monoisotopic (exact) mass is 286 g/mol. The maximum atomic E-state index is 11.5.